The van der Waals surface area contributed by atoms with E-state index in [4.69, 9.17) is 4.74 Å². The number of aliphatic hydroxyl groups excluding tert-OH is 1. The zero-order chi connectivity index (χ0) is 33.2. The lowest BCUT2D eigenvalue weighted by atomic mass is 9.96. The van der Waals surface area contributed by atoms with Crippen molar-refractivity contribution in [2.75, 3.05) is 33.8 Å². The lowest BCUT2D eigenvalue weighted by Crippen LogP contribution is -2.55. The van der Waals surface area contributed by atoms with E-state index in [1.165, 1.54) is 18.2 Å². The second-order valence-corrected chi connectivity index (χ2v) is 13.5. The number of hydrogen-bond acceptors (Lipinski definition) is 6. The Balaban J connectivity index is 1.38. The number of ether oxygens (including phenoxy) is 1. The van der Waals surface area contributed by atoms with Gasteiger partial charge in [-0.3, -0.25) is 9.59 Å². The van der Waals surface area contributed by atoms with Crippen LogP contribution in [0.4, 0.5) is 8.78 Å². The Kier molecular flexibility index (Phi) is 10.3. The number of benzene rings is 2. The molecule has 3 fully saturated rings. The van der Waals surface area contributed by atoms with Gasteiger partial charge in [-0.05, 0) is 125 Å². The number of nitrogens with zero attached hydrogens (tertiary/aromatic N) is 2. The van der Waals surface area contributed by atoms with Gasteiger partial charge in [0.05, 0.1) is 29.5 Å². The minimum absolute atomic E-state index is 0.1000. The number of aliphatic hydroxyl groups is 1. The lowest BCUT2D eigenvalue weighted by Gasteiger charge is -2.31. The van der Waals surface area contributed by atoms with Crippen LogP contribution in [0.3, 0.4) is 0 Å². The maximum atomic E-state index is 14.9. The van der Waals surface area contributed by atoms with Crippen LogP contribution in [0.1, 0.15) is 57.1 Å². The van der Waals surface area contributed by atoms with E-state index < -0.39 is 12.1 Å². The number of likely N-dealkylation sites (N-methyl/N-ethyl adjacent to an activating group) is 1. The summed E-state index contributed by atoms with van der Waals surface area (Å²) in [6.07, 6.45) is 3.68. The summed E-state index contributed by atoms with van der Waals surface area (Å²) in [5, 5.41) is 21.4. The van der Waals surface area contributed by atoms with Crippen molar-refractivity contribution in [3.05, 3.63) is 59.7 Å². The molecule has 0 radical (unpaired) electrons. The Labute approximate surface area is 275 Å². The van der Waals surface area contributed by atoms with Gasteiger partial charge in [-0.15, -0.1) is 0 Å². The van der Waals surface area contributed by atoms with Gasteiger partial charge >= 0.3 is 0 Å². The van der Waals surface area contributed by atoms with Gasteiger partial charge in [0.25, 0.3) is 0 Å². The maximum Gasteiger partial charge on any atom is 0.245 e. The highest BCUT2D eigenvalue weighted by Crippen LogP contribution is 2.41. The van der Waals surface area contributed by atoms with E-state index in [9.17, 15) is 23.5 Å². The summed E-state index contributed by atoms with van der Waals surface area (Å²) >= 11 is 0. The van der Waals surface area contributed by atoms with E-state index in [1.54, 1.807) is 43.3 Å². The zero-order valence-corrected chi connectivity index (χ0v) is 27.5. The number of aromatic nitrogens is 1. The molecule has 4 N–H and O–H groups in total. The van der Waals surface area contributed by atoms with Crippen LogP contribution in [0.15, 0.2) is 42.5 Å². The molecular formula is C36H47F2N5O4. The summed E-state index contributed by atoms with van der Waals surface area (Å²) in [5.41, 5.74) is 3.38. The first-order valence-corrected chi connectivity index (χ1v) is 17.0. The molecule has 5 atom stereocenters. The first kappa shape index (κ1) is 33.5. The second kappa shape index (κ2) is 14.4. The van der Waals surface area contributed by atoms with Crippen LogP contribution in [0.5, 0.6) is 0 Å². The number of carbonyl (C=O) groups excluding carboxylic acids is 2. The third-order valence-corrected chi connectivity index (χ3v) is 10.2. The number of halogens is 2. The van der Waals surface area contributed by atoms with Crippen LogP contribution in [0.2, 0.25) is 0 Å². The van der Waals surface area contributed by atoms with Gasteiger partial charge in [-0.1, -0.05) is 0 Å². The Morgan fingerprint density at radius 3 is 2.43 bits per heavy atom. The summed E-state index contributed by atoms with van der Waals surface area (Å²) in [5.74, 6) is -0.900. The van der Waals surface area contributed by atoms with Gasteiger partial charge in [0, 0.05) is 37.5 Å². The summed E-state index contributed by atoms with van der Waals surface area (Å²) in [6.45, 7) is 3.67. The highest BCUT2D eigenvalue weighted by molar-refractivity contribution is 5.93. The molecule has 1 saturated carbocycles. The number of fused-ring (bicyclic) bond motifs is 1. The maximum absolute atomic E-state index is 14.9. The molecular weight excluding hydrogens is 604 g/mol. The molecule has 0 bridgehead atoms. The molecule has 2 aromatic carbocycles. The number of nitrogens with one attached hydrogen (secondary N) is 3. The van der Waals surface area contributed by atoms with Crippen molar-refractivity contribution in [3.63, 3.8) is 0 Å². The fraction of sp³-hybridized carbons (Fsp3) is 0.556. The molecule has 2 saturated heterocycles. The zero-order valence-electron chi connectivity index (χ0n) is 27.5. The van der Waals surface area contributed by atoms with E-state index in [0.29, 0.717) is 12.8 Å². The van der Waals surface area contributed by atoms with E-state index in [1.807, 2.05) is 6.92 Å². The van der Waals surface area contributed by atoms with Crippen molar-refractivity contribution >= 4 is 22.7 Å². The smallest absolute Gasteiger partial charge is 0.245 e. The molecule has 1 aromatic heterocycles. The molecule has 47 heavy (non-hydrogen) atoms. The average molecular weight is 652 g/mol. The van der Waals surface area contributed by atoms with Crippen molar-refractivity contribution < 1.29 is 28.2 Å². The number of carbonyl (C=O) groups is 2. The van der Waals surface area contributed by atoms with Crippen LogP contribution < -0.4 is 16.0 Å². The third-order valence-electron chi connectivity index (χ3n) is 10.2. The highest BCUT2D eigenvalue weighted by Gasteiger charge is 2.41. The molecule has 2 amide bonds. The van der Waals surface area contributed by atoms with Crippen LogP contribution in [-0.2, 0) is 20.7 Å². The normalized spacial score (nSPS) is 22.4. The van der Waals surface area contributed by atoms with Crippen molar-refractivity contribution in [1.29, 1.82) is 0 Å². The molecule has 2 aliphatic heterocycles. The third kappa shape index (κ3) is 7.23. The molecule has 11 heteroatoms. The number of rotatable bonds is 12. The molecule has 3 aliphatic rings. The molecule has 3 heterocycles. The number of likely N-dealkylation sites (tertiary alicyclic amines) is 1. The molecule has 0 unspecified atom stereocenters. The standard InChI is InChI=1S/C36H47F2N5O4/c1-21(47-3)16-31(41-35(45)33(39-2)22-4-5-22)36(46)42-20-28(44)18-27(42)19-30-29-11-10-25(38)17-32(29)43(26-12-14-40-15-13-26)34(30)23-6-8-24(37)9-7-23/h6-11,17,21-22,26-28,31,33,39-40,44H,4-5,12-16,18-20H2,1-3H3,(H,41,45)/t21-,27-,28-,31-,33-/m0/s1. The predicted molar refractivity (Wildman–Crippen MR) is 177 cm³/mol. The Morgan fingerprint density at radius 1 is 1.06 bits per heavy atom. The molecule has 0 spiro atoms. The lowest BCUT2D eigenvalue weighted by molar-refractivity contribution is -0.139. The van der Waals surface area contributed by atoms with Crippen LogP contribution in [-0.4, -0.2) is 90.5 Å². The number of hydrogen-bond donors (Lipinski definition) is 4. The fourth-order valence-electron chi connectivity index (χ4n) is 7.64. The Morgan fingerprint density at radius 2 is 1.77 bits per heavy atom. The van der Waals surface area contributed by atoms with E-state index >= 15 is 0 Å². The van der Waals surface area contributed by atoms with Crippen LogP contribution >= 0.6 is 0 Å². The van der Waals surface area contributed by atoms with Gasteiger partial charge < -0.3 is 35.3 Å². The highest BCUT2D eigenvalue weighted by atomic mass is 19.1. The molecule has 3 aromatic rings. The number of β-amino-alcohol motifs (C(OH)–C–C–N with tert-alkyl or cyclic N) is 1. The van der Waals surface area contributed by atoms with Crippen molar-refractivity contribution in [2.45, 2.75) is 88.2 Å². The largest absolute Gasteiger partial charge is 0.391 e. The fourth-order valence-corrected chi connectivity index (χ4v) is 7.64. The Hall–Kier alpha value is -3.38. The minimum Gasteiger partial charge on any atom is -0.391 e. The second-order valence-electron chi connectivity index (χ2n) is 13.5. The average Bonchev–Trinajstić information content (AvgIpc) is 3.76. The van der Waals surface area contributed by atoms with Gasteiger partial charge in [-0.25, -0.2) is 8.78 Å². The summed E-state index contributed by atoms with van der Waals surface area (Å²) < 4.78 is 36.7. The van der Waals surface area contributed by atoms with Crippen molar-refractivity contribution in [2.24, 2.45) is 5.92 Å². The molecule has 254 valence electrons. The van der Waals surface area contributed by atoms with Gasteiger partial charge in [-0.2, -0.15) is 0 Å². The Bertz CT molecular complexity index is 1570. The van der Waals surface area contributed by atoms with Gasteiger partial charge in [0.15, 0.2) is 0 Å². The molecule has 1 aliphatic carbocycles. The van der Waals surface area contributed by atoms with Gasteiger partial charge in [0.1, 0.15) is 17.7 Å². The van der Waals surface area contributed by atoms with E-state index in [-0.39, 0.29) is 66.6 Å². The SMILES string of the molecule is CN[C@H](C(=O)N[C@@H](C[C@H](C)OC)C(=O)N1C[C@@H](O)C[C@H]1Cc1c(-c2ccc(F)cc2)n(C2CCNCC2)c2cc(F)ccc12)C1CC1. The van der Waals surface area contributed by atoms with Gasteiger partial charge in [0.2, 0.25) is 11.8 Å². The minimum atomic E-state index is -0.832. The molecule has 9 nitrogen and oxygen atoms in total. The van der Waals surface area contributed by atoms with Crippen molar-refractivity contribution in [3.8, 4) is 11.3 Å². The number of methoxy groups -OCH3 is 1. The topological polar surface area (TPSA) is 108 Å². The number of piperidine rings is 1. The monoisotopic (exact) mass is 651 g/mol. The summed E-state index contributed by atoms with van der Waals surface area (Å²) in [4.78, 5) is 29.4. The first-order chi connectivity index (χ1) is 22.7. The van der Waals surface area contributed by atoms with Crippen molar-refractivity contribution in [1.82, 2.24) is 25.4 Å². The predicted octanol–water partition coefficient (Wildman–Crippen LogP) is 3.92. The van der Waals surface area contributed by atoms with E-state index in [2.05, 4.69) is 20.5 Å². The summed E-state index contributed by atoms with van der Waals surface area (Å²) in [7, 11) is 3.34. The summed E-state index contributed by atoms with van der Waals surface area (Å²) in [6, 6.07) is 9.70. The van der Waals surface area contributed by atoms with Crippen LogP contribution in [0.25, 0.3) is 22.2 Å². The molecule has 6 rings (SSSR count). The van der Waals surface area contributed by atoms with E-state index in [0.717, 1.165) is 66.5 Å². The quantitative estimate of drug-likeness (QED) is 0.237. The number of amides is 2. The first-order valence-electron chi connectivity index (χ1n) is 17.0. The van der Waals surface area contributed by atoms with Crippen LogP contribution in [0, 0.1) is 17.6 Å².